The Labute approximate surface area is 113 Å². The van der Waals surface area contributed by atoms with Crippen molar-refractivity contribution in [1.29, 1.82) is 0 Å². The maximum atomic E-state index is 10.1. The van der Waals surface area contributed by atoms with Crippen LogP contribution in [0.5, 0.6) is 0 Å². The number of halogens is 2. The molecule has 0 aromatic carbocycles. The molecule has 0 atom stereocenters. The first-order chi connectivity index (χ1) is 7.59. The summed E-state index contributed by atoms with van der Waals surface area (Å²) in [4.78, 5) is 1.19. The van der Waals surface area contributed by atoms with Crippen LogP contribution in [0, 0.1) is 0 Å². The first kappa shape index (κ1) is 12.8. The molecule has 16 heavy (non-hydrogen) atoms. The smallest absolute Gasteiger partial charge is 0.107 e. The second-order valence-electron chi connectivity index (χ2n) is 4.37. The summed E-state index contributed by atoms with van der Waals surface area (Å²) in [5.41, 5.74) is -0.474. The zero-order valence-corrected chi connectivity index (χ0v) is 12.1. The lowest BCUT2D eigenvalue weighted by atomic mass is 10.0. The van der Waals surface area contributed by atoms with Gasteiger partial charge < -0.3 is 10.4 Å². The third kappa shape index (κ3) is 3.20. The van der Waals surface area contributed by atoms with E-state index in [2.05, 4.69) is 21.2 Å². The predicted molar refractivity (Wildman–Crippen MR) is 72.2 cm³/mol. The van der Waals surface area contributed by atoms with Gasteiger partial charge >= 0.3 is 0 Å². The van der Waals surface area contributed by atoms with Crippen molar-refractivity contribution < 1.29 is 5.11 Å². The van der Waals surface area contributed by atoms with Crippen molar-refractivity contribution in [1.82, 2.24) is 5.32 Å². The molecule has 2 N–H and O–H groups in total. The number of hydrogen-bond acceptors (Lipinski definition) is 3. The standard InChI is InChI=1S/C11H15BrClNOS/c12-9-5-8(16-10(9)13)6-14-7-11(15)3-1-2-4-11/h5,14-15H,1-4,6-7H2. The molecule has 1 aromatic rings. The van der Waals surface area contributed by atoms with Crippen molar-refractivity contribution in [2.75, 3.05) is 6.54 Å². The fourth-order valence-corrected chi connectivity index (χ4v) is 3.87. The van der Waals surface area contributed by atoms with Gasteiger partial charge in [-0.25, -0.2) is 0 Å². The molecule has 1 saturated carbocycles. The van der Waals surface area contributed by atoms with Crippen molar-refractivity contribution in [3.8, 4) is 0 Å². The predicted octanol–water partition coefficient (Wildman–Crippen LogP) is 3.56. The fourth-order valence-electron chi connectivity index (χ4n) is 2.11. The molecule has 1 aliphatic rings. The summed E-state index contributed by atoms with van der Waals surface area (Å²) in [6.45, 7) is 1.46. The van der Waals surface area contributed by atoms with Crippen LogP contribution in [0.15, 0.2) is 10.5 Å². The Morgan fingerprint density at radius 2 is 2.19 bits per heavy atom. The van der Waals surface area contributed by atoms with Crippen LogP contribution in [0.2, 0.25) is 4.34 Å². The van der Waals surface area contributed by atoms with Gasteiger partial charge in [0.2, 0.25) is 0 Å². The summed E-state index contributed by atoms with van der Waals surface area (Å²) in [6, 6.07) is 2.03. The molecule has 0 bridgehead atoms. The van der Waals surface area contributed by atoms with Crippen molar-refractivity contribution >= 4 is 38.9 Å². The Balaban J connectivity index is 1.79. The molecule has 0 amide bonds. The minimum absolute atomic E-state index is 0.474. The van der Waals surface area contributed by atoms with E-state index in [1.807, 2.05) is 6.07 Å². The molecular formula is C11H15BrClNOS. The Kier molecular flexibility index (Phi) is 4.30. The summed E-state index contributed by atoms with van der Waals surface area (Å²) in [6.07, 6.45) is 4.15. The second kappa shape index (κ2) is 5.36. The molecule has 1 aromatic heterocycles. The van der Waals surface area contributed by atoms with Crippen LogP contribution in [0.25, 0.3) is 0 Å². The van der Waals surface area contributed by atoms with Gasteiger partial charge in [0.1, 0.15) is 4.34 Å². The Bertz CT molecular complexity index is 343. The Morgan fingerprint density at radius 1 is 1.50 bits per heavy atom. The highest BCUT2D eigenvalue weighted by molar-refractivity contribution is 9.10. The highest BCUT2D eigenvalue weighted by Gasteiger charge is 2.30. The van der Waals surface area contributed by atoms with Gasteiger partial charge in [0.05, 0.1) is 5.60 Å². The first-order valence-corrected chi connectivity index (χ1v) is 7.45. The molecule has 0 radical (unpaired) electrons. The van der Waals surface area contributed by atoms with E-state index < -0.39 is 5.60 Å². The van der Waals surface area contributed by atoms with Crippen molar-refractivity contribution in [3.05, 3.63) is 19.8 Å². The Morgan fingerprint density at radius 3 is 2.75 bits per heavy atom. The molecule has 0 saturated heterocycles. The zero-order chi connectivity index (χ0) is 11.6. The van der Waals surface area contributed by atoms with Crippen molar-refractivity contribution in [2.24, 2.45) is 0 Å². The van der Waals surface area contributed by atoms with E-state index in [0.717, 1.165) is 41.0 Å². The fraction of sp³-hybridized carbons (Fsp3) is 0.636. The third-order valence-corrected chi connectivity index (χ3v) is 5.46. The minimum Gasteiger partial charge on any atom is -0.389 e. The zero-order valence-electron chi connectivity index (χ0n) is 8.93. The summed E-state index contributed by atoms with van der Waals surface area (Å²) in [7, 11) is 0. The van der Waals surface area contributed by atoms with Gasteiger partial charge in [-0.3, -0.25) is 0 Å². The molecule has 5 heteroatoms. The molecule has 0 unspecified atom stereocenters. The van der Waals surface area contributed by atoms with Crippen molar-refractivity contribution in [2.45, 2.75) is 37.8 Å². The van der Waals surface area contributed by atoms with E-state index in [4.69, 9.17) is 11.6 Å². The summed E-state index contributed by atoms with van der Waals surface area (Å²) >= 11 is 10.9. The van der Waals surface area contributed by atoms with Crippen LogP contribution < -0.4 is 5.32 Å². The molecule has 2 rings (SSSR count). The lowest BCUT2D eigenvalue weighted by molar-refractivity contribution is 0.0475. The molecule has 90 valence electrons. The van der Waals surface area contributed by atoms with E-state index in [1.165, 1.54) is 4.88 Å². The third-order valence-electron chi connectivity index (χ3n) is 2.98. The molecule has 1 heterocycles. The molecule has 0 spiro atoms. The van der Waals surface area contributed by atoms with Crippen LogP contribution in [-0.2, 0) is 6.54 Å². The second-order valence-corrected chi connectivity index (χ2v) is 6.96. The van der Waals surface area contributed by atoms with E-state index in [9.17, 15) is 5.11 Å². The van der Waals surface area contributed by atoms with Gasteiger partial charge in [0.15, 0.2) is 0 Å². The molecule has 2 nitrogen and oxygen atoms in total. The van der Waals surface area contributed by atoms with Crippen LogP contribution in [-0.4, -0.2) is 17.3 Å². The van der Waals surface area contributed by atoms with Crippen LogP contribution in [0.1, 0.15) is 30.6 Å². The van der Waals surface area contributed by atoms with Gasteiger partial charge in [-0.15, -0.1) is 11.3 Å². The van der Waals surface area contributed by atoms with Gasteiger partial charge in [0, 0.05) is 22.4 Å². The number of nitrogens with one attached hydrogen (secondary N) is 1. The maximum absolute atomic E-state index is 10.1. The summed E-state index contributed by atoms with van der Waals surface area (Å²) in [5, 5.41) is 13.4. The molecule has 1 fully saturated rings. The molecular weight excluding hydrogens is 310 g/mol. The maximum Gasteiger partial charge on any atom is 0.107 e. The minimum atomic E-state index is -0.474. The van der Waals surface area contributed by atoms with Crippen molar-refractivity contribution in [3.63, 3.8) is 0 Å². The normalized spacial score (nSPS) is 19.2. The largest absolute Gasteiger partial charge is 0.389 e. The highest BCUT2D eigenvalue weighted by atomic mass is 79.9. The van der Waals surface area contributed by atoms with Crippen LogP contribution >= 0.6 is 38.9 Å². The quantitative estimate of drug-likeness (QED) is 0.887. The summed E-state index contributed by atoms with van der Waals surface area (Å²) in [5.74, 6) is 0. The number of thiophene rings is 1. The van der Waals surface area contributed by atoms with E-state index >= 15 is 0 Å². The summed E-state index contributed by atoms with van der Waals surface area (Å²) < 4.78 is 1.74. The average molecular weight is 325 g/mol. The van der Waals surface area contributed by atoms with E-state index in [1.54, 1.807) is 11.3 Å². The first-order valence-electron chi connectivity index (χ1n) is 5.46. The SMILES string of the molecule is OC1(CNCc2cc(Br)c(Cl)s2)CCCC1. The van der Waals surface area contributed by atoms with Gasteiger partial charge in [0.25, 0.3) is 0 Å². The topological polar surface area (TPSA) is 32.3 Å². The average Bonchev–Trinajstić information content (AvgIpc) is 2.76. The van der Waals surface area contributed by atoms with Crippen LogP contribution in [0.3, 0.4) is 0 Å². The Hall–Kier alpha value is 0.390. The highest BCUT2D eigenvalue weighted by Crippen LogP contribution is 2.32. The van der Waals surface area contributed by atoms with Crippen LogP contribution in [0.4, 0.5) is 0 Å². The lowest BCUT2D eigenvalue weighted by Gasteiger charge is -2.22. The number of aliphatic hydroxyl groups is 1. The lowest BCUT2D eigenvalue weighted by Crippen LogP contribution is -2.37. The number of rotatable bonds is 4. The van der Waals surface area contributed by atoms with E-state index in [0.29, 0.717) is 6.54 Å². The number of hydrogen-bond donors (Lipinski definition) is 2. The van der Waals surface area contributed by atoms with E-state index in [-0.39, 0.29) is 0 Å². The van der Waals surface area contributed by atoms with Gasteiger partial charge in [-0.2, -0.15) is 0 Å². The molecule has 1 aliphatic carbocycles. The monoisotopic (exact) mass is 323 g/mol. The van der Waals surface area contributed by atoms with Gasteiger partial charge in [-0.1, -0.05) is 24.4 Å². The molecule has 0 aliphatic heterocycles. The van der Waals surface area contributed by atoms with Gasteiger partial charge in [-0.05, 0) is 34.8 Å².